The average molecular weight is 186 g/mol. The van der Waals surface area contributed by atoms with E-state index in [-0.39, 0.29) is 0 Å². The van der Waals surface area contributed by atoms with Crippen LogP contribution in [0.1, 0.15) is 25.7 Å². The lowest BCUT2D eigenvalue weighted by Gasteiger charge is -1.86. The standard InChI is InChI=1S/C14H18/c1-2-4-6-8-10-12-14-13-11-9-7-5-3-1/h1-4,7,9-10,12-14H,5-6,8,11H2/b3-1-,4-2?,9-7-,12-10+,14-13+. The van der Waals surface area contributed by atoms with Crippen molar-refractivity contribution in [2.75, 3.05) is 0 Å². The van der Waals surface area contributed by atoms with Crippen molar-refractivity contribution < 1.29 is 0 Å². The molecule has 0 nitrogen and oxygen atoms in total. The van der Waals surface area contributed by atoms with E-state index in [2.05, 4.69) is 60.8 Å². The van der Waals surface area contributed by atoms with Gasteiger partial charge in [-0.25, -0.2) is 0 Å². The first kappa shape index (κ1) is 10.8. The van der Waals surface area contributed by atoms with Crippen molar-refractivity contribution in [1.82, 2.24) is 0 Å². The molecular weight excluding hydrogens is 168 g/mol. The molecule has 14 heavy (non-hydrogen) atoms. The zero-order valence-corrected chi connectivity index (χ0v) is 8.60. The average Bonchev–Trinajstić information content (AvgIpc) is 2.22. The van der Waals surface area contributed by atoms with Crippen LogP contribution in [0, 0.1) is 0 Å². The molecule has 0 N–H and O–H groups in total. The molecular formula is C14H18. The normalized spacial score (nSPS) is 27.4. The molecule has 0 fully saturated rings. The highest BCUT2D eigenvalue weighted by Crippen LogP contribution is 1.97. The second kappa shape index (κ2) is 8.31. The minimum absolute atomic E-state index is 1.04. The van der Waals surface area contributed by atoms with Gasteiger partial charge in [-0.3, -0.25) is 0 Å². The van der Waals surface area contributed by atoms with Gasteiger partial charge in [0.15, 0.2) is 0 Å². The van der Waals surface area contributed by atoms with Gasteiger partial charge in [0.2, 0.25) is 0 Å². The summed E-state index contributed by atoms with van der Waals surface area (Å²) in [6, 6.07) is 0. The predicted molar refractivity (Wildman–Crippen MR) is 64.2 cm³/mol. The summed E-state index contributed by atoms with van der Waals surface area (Å²) in [6.07, 6.45) is 26.0. The van der Waals surface area contributed by atoms with Crippen LogP contribution in [0.4, 0.5) is 0 Å². The van der Waals surface area contributed by atoms with E-state index < -0.39 is 0 Å². The van der Waals surface area contributed by atoms with Crippen LogP contribution in [0.3, 0.4) is 0 Å². The third-order valence-corrected chi connectivity index (χ3v) is 1.98. The summed E-state index contributed by atoms with van der Waals surface area (Å²) in [5.41, 5.74) is 0. The number of allylic oxidation sites excluding steroid dienone is 10. The van der Waals surface area contributed by atoms with E-state index in [1.165, 1.54) is 0 Å². The van der Waals surface area contributed by atoms with Gasteiger partial charge in [0, 0.05) is 0 Å². The molecule has 0 aliphatic heterocycles. The Morgan fingerprint density at radius 3 is 1.36 bits per heavy atom. The highest BCUT2D eigenvalue weighted by atomic mass is 13.8. The topological polar surface area (TPSA) is 0 Å². The Kier molecular flexibility index (Phi) is 6.39. The summed E-state index contributed by atoms with van der Waals surface area (Å²) < 4.78 is 0. The van der Waals surface area contributed by atoms with Crippen molar-refractivity contribution in [3.05, 3.63) is 60.8 Å². The maximum atomic E-state index is 2.21. The molecule has 0 atom stereocenters. The molecule has 1 rings (SSSR count). The lowest BCUT2D eigenvalue weighted by atomic mass is 10.2. The first-order valence-corrected chi connectivity index (χ1v) is 5.28. The maximum Gasteiger partial charge on any atom is -0.0166 e. The van der Waals surface area contributed by atoms with Crippen LogP contribution in [0.15, 0.2) is 60.8 Å². The summed E-state index contributed by atoms with van der Waals surface area (Å²) in [5, 5.41) is 0. The fraction of sp³-hybridized carbons (Fsp3) is 0.286. The van der Waals surface area contributed by atoms with E-state index >= 15 is 0 Å². The van der Waals surface area contributed by atoms with Gasteiger partial charge in [0.05, 0.1) is 0 Å². The maximum absolute atomic E-state index is 2.21. The second-order valence-corrected chi connectivity index (χ2v) is 3.23. The van der Waals surface area contributed by atoms with Crippen molar-refractivity contribution in [2.24, 2.45) is 0 Å². The van der Waals surface area contributed by atoms with Gasteiger partial charge in [-0.1, -0.05) is 60.8 Å². The molecule has 0 radical (unpaired) electrons. The van der Waals surface area contributed by atoms with Gasteiger partial charge >= 0.3 is 0 Å². The number of hydrogen-bond donors (Lipinski definition) is 0. The second-order valence-electron chi connectivity index (χ2n) is 3.23. The zero-order chi connectivity index (χ0) is 9.90. The molecule has 0 spiro atoms. The molecule has 0 aromatic heterocycles. The van der Waals surface area contributed by atoms with Crippen molar-refractivity contribution >= 4 is 0 Å². The minimum atomic E-state index is 1.04. The van der Waals surface area contributed by atoms with Crippen LogP contribution in [-0.2, 0) is 0 Å². The smallest absolute Gasteiger partial charge is 0.0166 e. The largest absolute Gasteiger partial charge is 0.0844 e. The highest BCUT2D eigenvalue weighted by molar-refractivity contribution is 5.09. The Labute approximate surface area is 87.0 Å². The first-order chi connectivity index (χ1) is 7.00. The Bertz CT molecular complexity index is 234. The van der Waals surface area contributed by atoms with Gasteiger partial charge in [-0.2, -0.15) is 0 Å². The van der Waals surface area contributed by atoms with Crippen LogP contribution in [-0.4, -0.2) is 0 Å². The molecule has 0 saturated carbocycles. The van der Waals surface area contributed by atoms with Gasteiger partial charge < -0.3 is 0 Å². The number of hydrogen-bond acceptors (Lipinski definition) is 0. The van der Waals surface area contributed by atoms with Gasteiger partial charge in [0.1, 0.15) is 0 Å². The lowest BCUT2D eigenvalue weighted by Crippen LogP contribution is -1.65. The summed E-state index contributed by atoms with van der Waals surface area (Å²) >= 11 is 0. The quantitative estimate of drug-likeness (QED) is 0.494. The van der Waals surface area contributed by atoms with E-state index in [1.807, 2.05) is 0 Å². The van der Waals surface area contributed by atoms with Gasteiger partial charge in [0.25, 0.3) is 0 Å². The molecule has 74 valence electrons. The van der Waals surface area contributed by atoms with Crippen LogP contribution in [0.25, 0.3) is 0 Å². The van der Waals surface area contributed by atoms with E-state index in [4.69, 9.17) is 0 Å². The van der Waals surface area contributed by atoms with Crippen LogP contribution in [0.5, 0.6) is 0 Å². The van der Waals surface area contributed by atoms with E-state index in [0.29, 0.717) is 0 Å². The molecule has 1 aliphatic rings. The summed E-state index contributed by atoms with van der Waals surface area (Å²) in [7, 11) is 0. The SMILES string of the molecule is C1=CCC/C=C/C=C/C/C=C\C/C=C\1. The van der Waals surface area contributed by atoms with Crippen molar-refractivity contribution in [3.8, 4) is 0 Å². The molecule has 0 amide bonds. The van der Waals surface area contributed by atoms with Crippen LogP contribution >= 0.6 is 0 Å². The lowest BCUT2D eigenvalue weighted by molar-refractivity contribution is 1.05. The highest BCUT2D eigenvalue weighted by Gasteiger charge is 1.76. The molecule has 0 heteroatoms. The molecule has 0 heterocycles. The van der Waals surface area contributed by atoms with E-state index in [9.17, 15) is 0 Å². The van der Waals surface area contributed by atoms with Crippen molar-refractivity contribution in [3.63, 3.8) is 0 Å². The van der Waals surface area contributed by atoms with Crippen molar-refractivity contribution in [1.29, 1.82) is 0 Å². The third kappa shape index (κ3) is 6.24. The Hall–Kier alpha value is -1.30. The number of rotatable bonds is 0. The van der Waals surface area contributed by atoms with Crippen molar-refractivity contribution in [2.45, 2.75) is 25.7 Å². The molecule has 1 aliphatic carbocycles. The molecule has 0 aromatic rings. The van der Waals surface area contributed by atoms with E-state index in [1.54, 1.807) is 0 Å². The molecule has 0 bridgehead atoms. The van der Waals surface area contributed by atoms with E-state index in [0.717, 1.165) is 25.7 Å². The molecule has 0 unspecified atom stereocenters. The van der Waals surface area contributed by atoms with Gasteiger partial charge in [-0.15, -0.1) is 0 Å². The van der Waals surface area contributed by atoms with Crippen LogP contribution < -0.4 is 0 Å². The fourth-order valence-electron chi connectivity index (χ4n) is 1.21. The summed E-state index contributed by atoms with van der Waals surface area (Å²) in [6.45, 7) is 0. The van der Waals surface area contributed by atoms with Gasteiger partial charge in [-0.05, 0) is 25.7 Å². The first-order valence-electron chi connectivity index (χ1n) is 5.28. The summed E-state index contributed by atoms with van der Waals surface area (Å²) in [4.78, 5) is 0. The molecule has 0 aromatic carbocycles. The Morgan fingerprint density at radius 2 is 0.857 bits per heavy atom. The third-order valence-electron chi connectivity index (χ3n) is 1.98. The molecule has 0 saturated heterocycles. The Balaban J connectivity index is 2.45. The predicted octanol–water partition coefficient (Wildman–Crippen LogP) is 4.34. The van der Waals surface area contributed by atoms with Crippen LogP contribution in [0.2, 0.25) is 0 Å². The fourth-order valence-corrected chi connectivity index (χ4v) is 1.21. The monoisotopic (exact) mass is 186 g/mol. The minimum Gasteiger partial charge on any atom is -0.0844 e. The zero-order valence-electron chi connectivity index (χ0n) is 8.60. The summed E-state index contributed by atoms with van der Waals surface area (Å²) in [5.74, 6) is 0. The Morgan fingerprint density at radius 1 is 0.429 bits per heavy atom.